The predicted octanol–water partition coefficient (Wildman–Crippen LogP) is 1.31. The molecule has 0 aliphatic carbocycles. The van der Waals surface area contributed by atoms with Gasteiger partial charge in [0.1, 0.15) is 11.9 Å². The first-order valence-corrected chi connectivity index (χ1v) is 5.43. The first-order valence-electron chi connectivity index (χ1n) is 5.43. The van der Waals surface area contributed by atoms with Gasteiger partial charge in [-0.3, -0.25) is 10.1 Å². The fourth-order valence-corrected chi connectivity index (χ4v) is 1.50. The minimum Gasteiger partial charge on any atom is -0.480 e. The Labute approximate surface area is 99.1 Å². The van der Waals surface area contributed by atoms with E-state index in [9.17, 15) is 9.18 Å². The summed E-state index contributed by atoms with van der Waals surface area (Å²) < 4.78 is 12.7. The molecule has 0 amide bonds. The lowest BCUT2D eigenvalue weighted by molar-refractivity contribution is -0.140. The average Bonchev–Trinajstić information content (AvgIpc) is 2.32. The monoisotopic (exact) mass is 241 g/mol. The second-order valence-electron chi connectivity index (χ2n) is 3.78. The van der Waals surface area contributed by atoms with E-state index in [4.69, 9.17) is 10.2 Å². The van der Waals surface area contributed by atoms with Gasteiger partial charge >= 0.3 is 5.97 Å². The Morgan fingerprint density at radius 1 is 1.41 bits per heavy atom. The first kappa shape index (κ1) is 13.6. The molecule has 0 radical (unpaired) electrons. The van der Waals surface area contributed by atoms with Gasteiger partial charge in [0.25, 0.3) is 0 Å². The molecule has 0 aliphatic heterocycles. The molecule has 4 nitrogen and oxygen atoms in total. The normalized spacial score (nSPS) is 14.3. The third kappa shape index (κ3) is 3.80. The van der Waals surface area contributed by atoms with Crippen molar-refractivity contribution in [2.24, 2.45) is 0 Å². The number of hydrogen-bond donors (Lipinski definition) is 3. The summed E-state index contributed by atoms with van der Waals surface area (Å²) in [5.74, 6) is -1.46. The van der Waals surface area contributed by atoms with Crippen LogP contribution in [0.4, 0.5) is 4.39 Å². The second-order valence-corrected chi connectivity index (χ2v) is 3.78. The zero-order valence-corrected chi connectivity index (χ0v) is 9.56. The van der Waals surface area contributed by atoms with E-state index in [1.807, 2.05) is 6.92 Å². The summed E-state index contributed by atoms with van der Waals surface area (Å²) in [5.41, 5.74) is 0.464. The smallest absolute Gasteiger partial charge is 0.325 e. The molecule has 3 N–H and O–H groups in total. The third-order valence-corrected chi connectivity index (χ3v) is 2.57. The molecule has 0 heterocycles. The number of rotatable bonds is 6. The molecule has 0 saturated heterocycles. The highest BCUT2D eigenvalue weighted by molar-refractivity contribution is 5.75. The van der Waals surface area contributed by atoms with Crippen LogP contribution < -0.4 is 5.32 Å². The van der Waals surface area contributed by atoms with Crippen molar-refractivity contribution in [2.75, 3.05) is 6.61 Å². The maximum atomic E-state index is 12.7. The molecule has 1 aromatic carbocycles. The number of aliphatic hydroxyl groups is 1. The van der Waals surface area contributed by atoms with E-state index in [-0.39, 0.29) is 12.6 Å². The number of nitrogens with one attached hydrogen (secondary N) is 1. The maximum Gasteiger partial charge on any atom is 0.325 e. The van der Waals surface area contributed by atoms with E-state index in [0.717, 1.165) is 0 Å². The topological polar surface area (TPSA) is 69.6 Å². The van der Waals surface area contributed by atoms with Gasteiger partial charge in [0, 0.05) is 6.04 Å². The average molecular weight is 241 g/mol. The van der Waals surface area contributed by atoms with Crippen molar-refractivity contribution in [3.05, 3.63) is 35.6 Å². The molecule has 0 bridgehead atoms. The molecule has 0 aliphatic rings. The van der Waals surface area contributed by atoms with E-state index in [1.54, 1.807) is 0 Å². The Morgan fingerprint density at radius 2 is 2.00 bits per heavy atom. The molecule has 1 aromatic rings. The number of carbonyl (C=O) groups is 1. The van der Waals surface area contributed by atoms with Gasteiger partial charge in [-0.05, 0) is 24.1 Å². The molecule has 1 rings (SSSR count). The van der Waals surface area contributed by atoms with Gasteiger partial charge in [-0.15, -0.1) is 0 Å². The summed E-state index contributed by atoms with van der Waals surface area (Å²) >= 11 is 0. The summed E-state index contributed by atoms with van der Waals surface area (Å²) in [4.78, 5) is 11.1. The lowest BCUT2D eigenvalue weighted by Gasteiger charge is -2.20. The molecule has 94 valence electrons. The second kappa shape index (κ2) is 6.32. The Balaban J connectivity index is 2.85. The fraction of sp³-hybridized carbons (Fsp3) is 0.417. The number of aliphatic carboxylic acids is 1. The summed E-state index contributed by atoms with van der Waals surface area (Å²) in [6.07, 6.45) is 0.613. The van der Waals surface area contributed by atoms with Gasteiger partial charge in [-0.25, -0.2) is 4.39 Å². The summed E-state index contributed by atoms with van der Waals surface area (Å²) in [7, 11) is 0. The van der Waals surface area contributed by atoms with Crippen LogP contribution in [0.25, 0.3) is 0 Å². The highest BCUT2D eigenvalue weighted by Crippen LogP contribution is 2.15. The number of halogens is 1. The maximum absolute atomic E-state index is 12.7. The van der Waals surface area contributed by atoms with Crippen LogP contribution in [0.5, 0.6) is 0 Å². The molecular formula is C12H16FNO3. The van der Waals surface area contributed by atoms with Gasteiger partial charge in [0.05, 0.1) is 6.61 Å². The van der Waals surface area contributed by atoms with E-state index in [1.165, 1.54) is 24.3 Å². The third-order valence-electron chi connectivity index (χ3n) is 2.57. The molecule has 0 aromatic heterocycles. The van der Waals surface area contributed by atoms with E-state index >= 15 is 0 Å². The summed E-state index contributed by atoms with van der Waals surface area (Å²) in [6.45, 7) is 1.71. The molecule has 0 saturated carbocycles. The van der Waals surface area contributed by atoms with Crippen LogP contribution in [0.1, 0.15) is 24.9 Å². The molecule has 0 spiro atoms. The first-order chi connectivity index (χ1) is 8.08. The van der Waals surface area contributed by atoms with Gasteiger partial charge in [0.15, 0.2) is 0 Å². The van der Waals surface area contributed by atoms with Gasteiger partial charge in [0.2, 0.25) is 0 Å². The standard InChI is InChI=1S/C12H16FNO3/c1-2-10(7-15)14-11(12(16)17)8-3-5-9(13)6-4-8/h3-6,10-11,14-15H,2,7H2,1H3,(H,16,17). The van der Waals surface area contributed by atoms with Crippen LogP contribution in [0.3, 0.4) is 0 Å². The summed E-state index contributed by atoms with van der Waals surface area (Å²) in [6, 6.07) is 4.05. The Morgan fingerprint density at radius 3 is 2.41 bits per heavy atom. The van der Waals surface area contributed by atoms with Crippen molar-refractivity contribution in [1.82, 2.24) is 5.32 Å². The van der Waals surface area contributed by atoms with Crippen LogP contribution in [0, 0.1) is 5.82 Å². The van der Waals surface area contributed by atoms with Crippen molar-refractivity contribution >= 4 is 5.97 Å². The Kier molecular flexibility index (Phi) is 5.06. The van der Waals surface area contributed by atoms with Crippen molar-refractivity contribution in [3.8, 4) is 0 Å². The Hall–Kier alpha value is -1.46. The zero-order valence-electron chi connectivity index (χ0n) is 9.56. The molecule has 2 atom stereocenters. The molecule has 5 heteroatoms. The van der Waals surface area contributed by atoms with Crippen molar-refractivity contribution in [3.63, 3.8) is 0 Å². The fourth-order valence-electron chi connectivity index (χ4n) is 1.50. The predicted molar refractivity (Wildman–Crippen MR) is 61.1 cm³/mol. The summed E-state index contributed by atoms with van der Waals surface area (Å²) in [5, 5.41) is 20.9. The van der Waals surface area contributed by atoms with Gasteiger partial charge in [-0.2, -0.15) is 0 Å². The number of carboxylic acids is 1. The van der Waals surface area contributed by atoms with Crippen molar-refractivity contribution in [2.45, 2.75) is 25.4 Å². The largest absolute Gasteiger partial charge is 0.480 e. The van der Waals surface area contributed by atoms with Gasteiger partial charge in [-0.1, -0.05) is 19.1 Å². The Bertz CT molecular complexity index is 363. The minimum absolute atomic E-state index is 0.137. The molecule has 2 unspecified atom stereocenters. The quantitative estimate of drug-likeness (QED) is 0.702. The van der Waals surface area contributed by atoms with Crippen LogP contribution in [0.2, 0.25) is 0 Å². The van der Waals surface area contributed by atoms with Crippen LogP contribution in [-0.4, -0.2) is 28.8 Å². The molecule has 0 fully saturated rings. The number of hydrogen-bond acceptors (Lipinski definition) is 3. The number of benzene rings is 1. The van der Waals surface area contributed by atoms with Crippen LogP contribution >= 0.6 is 0 Å². The van der Waals surface area contributed by atoms with E-state index in [0.29, 0.717) is 12.0 Å². The highest BCUT2D eigenvalue weighted by atomic mass is 19.1. The lowest BCUT2D eigenvalue weighted by Crippen LogP contribution is -2.38. The highest BCUT2D eigenvalue weighted by Gasteiger charge is 2.22. The number of aliphatic hydroxyl groups excluding tert-OH is 1. The van der Waals surface area contributed by atoms with Crippen molar-refractivity contribution in [1.29, 1.82) is 0 Å². The zero-order chi connectivity index (χ0) is 12.8. The van der Waals surface area contributed by atoms with Crippen molar-refractivity contribution < 1.29 is 19.4 Å². The SMILES string of the molecule is CCC(CO)NC(C(=O)O)c1ccc(F)cc1. The van der Waals surface area contributed by atoms with E-state index in [2.05, 4.69) is 5.32 Å². The van der Waals surface area contributed by atoms with Crippen LogP contribution in [0.15, 0.2) is 24.3 Å². The molecule has 17 heavy (non-hydrogen) atoms. The minimum atomic E-state index is -1.05. The van der Waals surface area contributed by atoms with Crippen LogP contribution in [-0.2, 0) is 4.79 Å². The lowest BCUT2D eigenvalue weighted by atomic mass is 10.1. The molecular weight excluding hydrogens is 225 g/mol. The van der Waals surface area contributed by atoms with E-state index < -0.39 is 17.8 Å². The van der Waals surface area contributed by atoms with Gasteiger partial charge < -0.3 is 10.2 Å². The number of carboxylic acid groups (broad SMARTS) is 1.